The first-order valence-electron chi connectivity index (χ1n) is 19.3. The molecule has 6 rings (SSSR count). The molecule has 2 saturated heterocycles. The van der Waals surface area contributed by atoms with E-state index in [1.165, 1.54) is 16.7 Å². The summed E-state index contributed by atoms with van der Waals surface area (Å²) in [5.41, 5.74) is 14.9. The van der Waals surface area contributed by atoms with Crippen molar-refractivity contribution in [1.82, 2.24) is 0 Å². The lowest BCUT2D eigenvalue weighted by Gasteiger charge is -2.31. The van der Waals surface area contributed by atoms with Crippen LogP contribution in [-0.2, 0) is 30.1 Å². The normalized spacial score (nSPS) is 17.4. The van der Waals surface area contributed by atoms with Crippen LogP contribution in [0.3, 0.4) is 0 Å². The van der Waals surface area contributed by atoms with Gasteiger partial charge in [-0.25, -0.2) is 0 Å². The monoisotopic (exact) mass is 736 g/mol. The lowest BCUT2D eigenvalue weighted by molar-refractivity contribution is -0.0723. The minimum atomic E-state index is -0.796. The number of aryl methyl sites for hydroxylation is 8. The Labute approximate surface area is 322 Å². The fourth-order valence-corrected chi connectivity index (χ4v) is 8.33. The van der Waals surface area contributed by atoms with Crippen molar-refractivity contribution in [3.8, 4) is 33.8 Å². The van der Waals surface area contributed by atoms with Crippen LogP contribution in [0.15, 0.2) is 48.5 Å². The Morgan fingerprint density at radius 3 is 1.24 bits per heavy atom. The van der Waals surface area contributed by atoms with E-state index in [1.54, 1.807) is 0 Å². The van der Waals surface area contributed by atoms with Crippen LogP contribution in [0.25, 0.3) is 22.3 Å². The lowest BCUT2D eigenvalue weighted by atomic mass is 9.86. The van der Waals surface area contributed by atoms with Gasteiger partial charge < -0.3 is 33.5 Å². The number of ether oxygens (including phenoxy) is 6. The number of hydrogen-bond donors (Lipinski definition) is 1. The molecule has 0 radical (unpaired) electrons. The van der Waals surface area contributed by atoms with Crippen molar-refractivity contribution in [2.75, 3.05) is 39.6 Å². The maximum atomic E-state index is 11.1. The smallest absolute Gasteiger partial charge is 0.125 e. The zero-order chi connectivity index (χ0) is 39.1. The number of rotatable bonds is 16. The molecular formula is C47H60O7. The van der Waals surface area contributed by atoms with Crippen molar-refractivity contribution in [3.63, 3.8) is 0 Å². The van der Waals surface area contributed by atoms with Gasteiger partial charge in [-0.3, -0.25) is 0 Å². The molecule has 290 valence electrons. The fourth-order valence-electron chi connectivity index (χ4n) is 8.33. The predicted molar refractivity (Wildman–Crippen MR) is 216 cm³/mol. The molecule has 7 heteroatoms. The Balaban J connectivity index is 1.08. The van der Waals surface area contributed by atoms with Gasteiger partial charge in [0.2, 0.25) is 0 Å². The molecule has 0 saturated carbocycles. The minimum Gasteiger partial charge on any atom is -0.490 e. The first-order valence-corrected chi connectivity index (χ1v) is 19.3. The number of benzene rings is 4. The molecule has 0 bridgehead atoms. The van der Waals surface area contributed by atoms with E-state index in [-0.39, 0.29) is 25.4 Å². The summed E-state index contributed by atoms with van der Waals surface area (Å²) in [5, 5.41) is 11.1. The van der Waals surface area contributed by atoms with Crippen molar-refractivity contribution in [1.29, 1.82) is 0 Å². The molecule has 4 aromatic carbocycles. The molecule has 2 aliphatic heterocycles. The van der Waals surface area contributed by atoms with E-state index in [0.717, 1.165) is 85.9 Å². The molecule has 0 spiro atoms. The molecule has 3 unspecified atom stereocenters. The number of aliphatic hydroxyl groups excluding tert-OH is 1. The van der Waals surface area contributed by atoms with E-state index in [2.05, 4.69) is 132 Å². The summed E-state index contributed by atoms with van der Waals surface area (Å²) in [6.07, 6.45) is -0.342. The summed E-state index contributed by atoms with van der Waals surface area (Å²) in [6, 6.07) is 17.7. The van der Waals surface area contributed by atoms with E-state index in [1.807, 2.05) is 0 Å². The van der Waals surface area contributed by atoms with Gasteiger partial charge in [0.25, 0.3) is 0 Å². The summed E-state index contributed by atoms with van der Waals surface area (Å²) in [6.45, 7) is 28.4. The quantitative estimate of drug-likeness (QED) is 0.115. The molecule has 0 aliphatic carbocycles. The third kappa shape index (κ3) is 9.21. The van der Waals surface area contributed by atoms with Gasteiger partial charge in [-0.15, -0.1) is 0 Å². The third-order valence-corrected chi connectivity index (χ3v) is 10.8. The highest BCUT2D eigenvalue weighted by atomic mass is 16.6. The highest BCUT2D eigenvalue weighted by Crippen LogP contribution is 2.39. The lowest BCUT2D eigenvalue weighted by Crippen LogP contribution is -2.31. The average molecular weight is 737 g/mol. The topological polar surface area (TPSA) is 82.2 Å². The van der Waals surface area contributed by atoms with E-state index < -0.39 is 17.3 Å². The maximum Gasteiger partial charge on any atom is 0.125 e. The Morgan fingerprint density at radius 1 is 0.519 bits per heavy atom. The zero-order valence-electron chi connectivity index (χ0n) is 34.5. The van der Waals surface area contributed by atoms with Gasteiger partial charge in [-0.2, -0.15) is 0 Å². The van der Waals surface area contributed by atoms with Gasteiger partial charge in [-0.05, 0) is 185 Å². The van der Waals surface area contributed by atoms with Gasteiger partial charge in [0, 0.05) is 0 Å². The highest BCUT2D eigenvalue weighted by Gasteiger charge is 2.31. The van der Waals surface area contributed by atoms with Crippen molar-refractivity contribution in [2.45, 2.75) is 113 Å². The van der Waals surface area contributed by atoms with E-state index in [0.29, 0.717) is 13.2 Å². The fraction of sp³-hybridized carbons (Fsp3) is 0.489. The Hall–Kier alpha value is -3.72. The molecule has 0 aromatic heterocycles. The second-order valence-corrected chi connectivity index (χ2v) is 16.7. The first-order chi connectivity index (χ1) is 25.4. The summed E-state index contributed by atoms with van der Waals surface area (Å²) in [5.74, 6) is 1.74. The van der Waals surface area contributed by atoms with Crippen molar-refractivity contribution < 1.29 is 33.5 Å². The SMILES string of the molecule is Cc1cc(-c2cc(C)c(C(C)(C)OCC3CO3)c(C)c2)cc(C)c1OCC(O)COC(C)(C)c1c(C)cc(-c2cc(C)c(OCC3CO3)c(C)c2)cc1C. The Kier molecular flexibility index (Phi) is 11.7. The van der Waals surface area contributed by atoms with Crippen molar-refractivity contribution >= 4 is 0 Å². The molecule has 7 nitrogen and oxygen atoms in total. The van der Waals surface area contributed by atoms with Gasteiger partial charge in [0.1, 0.15) is 43.0 Å². The standard InChI is InChI=1S/C47H60O7/c1-27-13-35(38-19-33(7)45(34(8)20-38)52-25-40-23-49-40)14-28(2)42(27)46(9,10)53-22-39(48)21-51-44-31(5)17-37(18-32(44)6)36-15-29(3)43(30(4)16-36)47(11,12)54-26-41-24-50-41/h13-20,39-41,48H,21-26H2,1-12H3. The van der Waals surface area contributed by atoms with Crippen LogP contribution in [0.1, 0.15) is 83.3 Å². The molecule has 2 heterocycles. The number of aliphatic hydroxyl groups is 1. The minimum absolute atomic E-state index is 0.133. The van der Waals surface area contributed by atoms with Gasteiger partial charge >= 0.3 is 0 Å². The molecule has 0 amide bonds. The zero-order valence-corrected chi connectivity index (χ0v) is 34.5. The summed E-state index contributed by atoms with van der Waals surface area (Å²) < 4.78 is 35.7. The first kappa shape index (κ1) is 40.0. The average Bonchev–Trinajstić information content (AvgIpc) is 4.01. The molecular weight excluding hydrogens is 677 g/mol. The van der Waals surface area contributed by atoms with E-state index in [4.69, 9.17) is 28.4 Å². The van der Waals surface area contributed by atoms with Gasteiger partial charge in [0.05, 0.1) is 37.6 Å². The maximum absolute atomic E-state index is 11.1. The van der Waals surface area contributed by atoms with E-state index in [9.17, 15) is 5.11 Å². The van der Waals surface area contributed by atoms with Crippen molar-refractivity contribution in [2.24, 2.45) is 0 Å². The summed E-state index contributed by atoms with van der Waals surface area (Å²) >= 11 is 0. The Bertz CT molecular complexity index is 1910. The summed E-state index contributed by atoms with van der Waals surface area (Å²) in [4.78, 5) is 0. The molecule has 54 heavy (non-hydrogen) atoms. The van der Waals surface area contributed by atoms with Crippen LogP contribution in [0.2, 0.25) is 0 Å². The predicted octanol–water partition coefficient (Wildman–Crippen LogP) is 9.61. The second kappa shape index (κ2) is 15.8. The molecule has 2 fully saturated rings. The molecule has 2 aliphatic rings. The van der Waals surface area contributed by atoms with Gasteiger partial charge in [0.15, 0.2) is 0 Å². The van der Waals surface area contributed by atoms with Crippen LogP contribution in [0.5, 0.6) is 11.5 Å². The molecule has 1 N–H and O–H groups in total. The van der Waals surface area contributed by atoms with Crippen molar-refractivity contribution in [3.05, 3.63) is 104 Å². The van der Waals surface area contributed by atoms with Crippen LogP contribution < -0.4 is 9.47 Å². The summed E-state index contributed by atoms with van der Waals surface area (Å²) in [7, 11) is 0. The number of hydrogen-bond acceptors (Lipinski definition) is 7. The van der Waals surface area contributed by atoms with Crippen LogP contribution in [0.4, 0.5) is 0 Å². The second-order valence-electron chi connectivity index (χ2n) is 16.7. The molecule has 4 aromatic rings. The third-order valence-electron chi connectivity index (χ3n) is 10.8. The number of epoxide rings is 2. The van der Waals surface area contributed by atoms with Crippen LogP contribution in [-0.4, -0.2) is 63.1 Å². The largest absolute Gasteiger partial charge is 0.490 e. The van der Waals surface area contributed by atoms with Crippen LogP contribution in [0, 0.1) is 55.4 Å². The van der Waals surface area contributed by atoms with Crippen LogP contribution >= 0.6 is 0 Å². The molecule has 3 atom stereocenters. The Morgan fingerprint density at radius 2 is 0.852 bits per heavy atom. The highest BCUT2D eigenvalue weighted by molar-refractivity contribution is 5.71. The van der Waals surface area contributed by atoms with Gasteiger partial charge in [-0.1, -0.05) is 24.3 Å². The van der Waals surface area contributed by atoms with E-state index >= 15 is 0 Å².